The van der Waals surface area contributed by atoms with Gasteiger partial charge < -0.3 is 9.84 Å². The van der Waals surface area contributed by atoms with Crippen LogP contribution in [-0.2, 0) is 11.3 Å². The molecule has 0 amide bonds. The number of thiophene rings is 1. The van der Waals surface area contributed by atoms with E-state index >= 15 is 0 Å². The Bertz CT molecular complexity index is 538. The van der Waals surface area contributed by atoms with Crippen molar-refractivity contribution in [1.29, 1.82) is 0 Å². The summed E-state index contributed by atoms with van der Waals surface area (Å²) >= 11 is 1.76. The molecule has 0 saturated heterocycles. The van der Waals surface area contributed by atoms with Crippen molar-refractivity contribution in [1.82, 2.24) is 4.90 Å². The molecular weight excluding hydrogens is 306 g/mol. The van der Waals surface area contributed by atoms with Gasteiger partial charge in [0.15, 0.2) is 0 Å². The molecule has 3 unspecified atom stereocenters. The van der Waals surface area contributed by atoms with Crippen LogP contribution in [0.3, 0.4) is 0 Å². The lowest BCUT2D eigenvalue weighted by atomic mass is 9.49. The molecule has 0 radical (unpaired) electrons. The van der Waals surface area contributed by atoms with Crippen LogP contribution in [0, 0.1) is 17.3 Å². The van der Waals surface area contributed by atoms with Gasteiger partial charge in [-0.3, -0.25) is 4.90 Å². The van der Waals surface area contributed by atoms with Gasteiger partial charge in [0.05, 0.1) is 19.3 Å². The molecule has 128 valence electrons. The van der Waals surface area contributed by atoms with Crippen molar-refractivity contribution in [2.24, 2.45) is 17.3 Å². The summed E-state index contributed by atoms with van der Waals surface area (Å²) in [4.78, 5) is 3.48. The van der Waals surface area contributed by atoms with Crippen molar-refractivity contribution in [3.8, 4) is 0 Å². The molecule has 0 aromatic carbocycles. The van der Waals surface area contributed by atoms with Crippen LogP contribution in [0.25, 0.3) is 0 Å². The molecule has 4 heteroatoms. The molecule has 3 aliphatic rings. The fourth-order valence-electron chi connectivity index (χ4n) is 4.10. The van der Waals surface area contributed by atoms with Gasteiger partial charge in [0.25, 0.3) is 0 Å². The second-order valence-electron chi connectivity index (χ2n) is 7.77. The van der Waals surface area contributed by atoms with Crippen LogP contribution in [0.5, 0.6) is 0 Å². The third-order valence-electron chi connectivity index (χ3n) is 5.69. The van der Waals surface area contributed by atoms with Gasteiger partial charge in [-0.15, -0.1) is 11.3 Å². The number of likely N-dealkylation sites (N-methyl/N-ethyl adjacent to an activating group) is 1. The Labute approximate surface area is 144 Å². The zero-order chi connectivity index (χ0) is 16.4. The third-order valence-corrected chi connectivity index (χ3v) is 6.55. The largest absolute Gasteiger partial charge is 0.389 e. The molecule has 23 heavy (non-hydrogen) atoms. The summed E-state index contributed by atoms with van der Waals surface area (Å²) in [6.07, 6.45) is 4.48. The SMILES string of the molecule is CN(Cc1cccs1)CC(O)COCC1=CCC2CC1C2(C)C. The van der Waals surface area contributed by atoms with Crippen LogP contribution >= 0.6 is 11.3 Å². The molecule has 1 aromatic rings. The highest BCUT2D eigenvalue weighted by Gasteiger charge is 2.50. The third kappa shape index (κ3) is 3.87. The first-order valence-corrected chi connectivity index (χ1v) is 9.50. The van der Waals surface area contributed by atoms with Gasteiger partial charge in [-0.05, 0) is 54.2 Å². The highest BCUT2D eigenvalue weighted by molar-refractivity contribution is 7.09. The molecule has 3 nitrogen and oxygen atoms in total. The minimum atomic E-state index is -0.425. The van der Waals surface area contributed by atoms with Crippen LogP contribution in [-0.4, -0.2) is 42.9 Å². The number of ether oxygens (including phenoxy) is 1. The van der Waals surface area contributed by atoms with Gasteiger partial charge in [0.1, 0.15) is 0 Å². The highest BCUT2D eigenvalue weighted by atomic mass is 32.1. The molecule has 4 rings (SSSR count). The van der Waals surface area contributed by atoms with Crippen molar-refractivity contribution >= 4 is 11.3 Å². The molecule has 3 aliphatic carbocycles. The molecule has 0 aliphatic heterocycles. The number of hydrogen-bond acceptors (Lipinski definition) is 4. The van der Waals surface area contributed by atoms with E-state index in [1.165, 1.54) is 23.3 Å². The average molecular weight is 336 g/mol. The Morgan fingerprint density at radius 1 is 1.48 bits per heavy atom. The van der Waals surface area contributed by atoms with Crippen LogP contribution in [0.4, 0.5) is 0 Å². The maximum atomic E-state index is 10.2. The topological polar surface area (TPSA) is 32.7 Å². The van der Waals surface area contributed by atoms with E-state index < -0.39 is 6.10 Å². The number of hydrogen-bond donors (Lipinski definition) is 1. The predicted molar refractivity (Wildman–Crippen MR) is 95.6 cm³/mol. The first kappa shape index (κ1) is 17.2. The highest BCUT2D eigenvalue weighted by Crippen LogP contribution is 2.59. The first-order chi connectivity index (χ1) is 11.0. The van der Waals surface area contributed by atoms with Crippen molar-refractivity contribution < 1.29 is 9.84 Å². The van der Waals surface area contributed by atoms with Gasteiger partial charge in [0, 0.05) is 18.0 Å². The fraction of sp³-hybridized carbons (Fsp3) is 0.684. The average Bonchev–Trinajstić information content (AvgIpc) is 2.99. The zero-order valence-electron chi connectivity index (χ0n) is 14.5. The lowest BCUT2D eigenvalue weighted by molar-refractivity contribution is -0.0257. The number of aliphatic hydroxyl groups excluding tert-OH is 1. The number of aliphatic hydroxyl groups is 1. The summed E-state index contributed by atoms with van der Waals surface area (Å²) in [6, 6.07) is 4.20. The standard InChI is InChI=1S/C19H29NO2S/c1-19(2)15-7-6-14(18(19)9-15)12-22-13-16(21)10-20(3)11-17-5-4-8-23-17/h4-6,8,15-16,18,21H,7,9-13H2,1-3H3. The number of nitrogens with zero attached hydrogens (tertiary/aromatic N) is 1. The smallest absolute Gasteiger partial charge is 0.0900 e. The van der Waals surface area contributed by atoms with Gasteiger partial charge in [0.2, 0.25) is 0 Å². The van der Waals surface area contributed by atoms with Gasteiger partial charge >= 0.3 is 0 Å². The van der Waals surface area contributed by atoms with E-state index in [0.29, 0.717) is 31.1 Å². The van der Waals surface area contributed by atoms with Crippen LogP contribution in [0.1, 0.15) is 31.6 Å². The Hall–Kier alpha value is -0.680. The molecule has 1 aromatic heterocycles. The lowest BCUT2D eigenvalue weighted by Crippen LogP contribution is -2.48. The number of fused-ring (bicyclic) bond motifs is 1. The van der Waals surface area contributed by atoms with E-state index in [4.69, 9.17) is 4.74 Å². The summed E-state index contributed by atoms with van der Waals surface area (Å²) in [6.45, 7) is 7.40. The maximum Gasteiger partial charge on any atom is 0.0900 e. The summed E-state index contributed by atoms with van der Waals surface area (Å²) in [7, 11) is 2.05. The first-order valence-electron chi connectivity index (χ1n) is 8.62. The second kappa shape index (κ2) is 7.06. The van der Waals surface area contributed by atoms with Gasteiger partial charge in [-0.2, -0.15) is 0 Å². The summed E-state index contributed by atoms with van der Waals surface area (Å²) in [5, 5.41) is 12.3. The monoisotopic (exact) mass is 335 g/mol. The van der Waals surface area contributed by atoms with E-state index in [1.54, 1.807) is 11.3 Å². The van der Waals surface area contributed by atoms with E-state index in [0.717, 1.165) is 12.5 Å². The minimum absolute atomic E-state index is 0.419. The quantitative estimate of drug-likeness (QED) is 0.738. The minimum Gasteiger partial charge on any atom is -0.389 e. The molecule has 1 fully saturated rings. The van der Waals surface area contributed by atoms with E-state index in [2.05, 4.69) is 42.3 Å². The van der Waals surface area contributed by atoms with E-state index in [1.807, 2.05) is 7.05 Å². The summed E-state index contributed by atoms with van der Waals surface area (Å²) in [5.41, 5.74) is 1.91. The van der Waals surface area contributed by atoms with Crippen LogP contribution in [0.2, 0.25) is 0 Å². The zero-order valence-corrected chi connectivity index (χ0v) is 15.3. The molecule has 0 spiro atoms. The van der Waals surface area contributed by atoms with E-state index in [-0.39, 0.29) is 0 Å². The molecular formula is C19H29NO2S. The number of allylic oxidation sites excluding steroid dienone is 1. The molecule has 3 atom stereocenters. The van der Waals surface area contributed by atoms with Gasteiger partial charge in [-0.25, -0.2) is 0 Å². The molecule has 1 saturated carbocycles. The second-order valence-corrected chi connectivity index (χ2v) is 8.80. The maximum absolute atomic E-state index is 10.2. The van der Waals surface area contributed by atoms with Crippen molar-refractivity contribution in [2.45, 2.75) is 39.3 Å². The van der Waals surface area contributed by atoms with Crippen LogP contribution < -0.4 is 0 Å². The van der Waals surface area contributed by atoms with E-state index in [9.17, 15) is 5.11 Å². The molecule has 2 bridgehead atoms. The lowest BCUT2D eigenvalue weighted by Gasteiger charge is -2.56. The molecule has 1 N–H and O–H groups in total. The van der Waals surface area contributed by atoms with Crippen molar-refractivity contribution in [3.63, 3.8) is 0 Å². The normalized spacial score (nSPS) is 26.7. The Morgan fingerprint density at radius 3 is 2.96 bits per heavy atom. The molecule has 1 heterocycles. The van der Waals surface area contributed by atoms with Crippen molar-refractivity contribution in [2.75, 3.05) is 26.8 Å². The predicted octanol–water partition coefficient (Wildman–Crippen LogP) is 3.55. The Morgan fingerprint density at radius 2 is 2.30 bits per heavy atom. The summed E-state index contributed by atoms with van der Waals surface area (Å²) in [5.74, 6) is 1.56. The fourth-order valence-corrected chi connectivity index (χ4v) is 4.88. The van der Waals surface area contributed by atoms with Crippen molar-refractivity contribution in [3.05, 3.63) is 34.0 Å². The van der Waals surface area contributed by atoms with Crippen LogP contribution in [0.15, 0.2) is 29.2 Å². The number of rotatable bonds is 8. The Balaban J connectivity index is 1.36. The van der Waals surface area contributed by atoms with Gasteiger partial charge in [-0.1, -0.05) is 26.0 Å². The summed E-state index contributed by atoms with van der Waals surface area (Å²) < 4.78 is 5.82. The Kier molecular flexibility index (Phi) is 5.26.